The number of unbranched alkanes of at least 4 members (excludes halogenated alkanes) is 1. The van der Waals surface area contributed by atoms with E-state index in [0.717, 1.165) is 29.7 Å². The van der Waals surface area contributed by atoms with Crippen molar-refractivity contribution in [1.82, 2.24) is 0 Å². The number of hydrogen-bond donors (Lipinski definition) is 0. The summed E-state index contributed by atoms with van der Waals surface area (Å²) < 4.78 is 26.0. The van der Waals surface area contributed by atoms with E-state index in [-0.39, 0.29) is 6.29 Å². The van der Waals surface area contributed by atoms with Crippen LogP contribution in [0.15, 0.2) is 33.6 Å². The zero-order chi connectivity index (χ0) is 14.1. The van der Waals surface area contributed by atoms with Gasteiger partial charge in [-0.1, -0.05) is 17.7 Å². The van der Waals surface area contributed by atoms with Gasteiger partial charge in [-0.15, -0.1) is 0 Å². The molecule has 1 unspecified atom stereocenters. The van der Waals surface area contributed by atoms with E-state index < -0.39 is 11.0 Å². The molecule has 0 aliphatic carbocycles. The third kappa shape index (κ3) is 6.09. The van der Waals surface area contributed by atoms with Crippen LogP contribution in [0.5, 0.6) is 0 Å². The van der Waals surface area contributed by atoms with Crippen molar-refractivity contribution in [2.24, 2.45) is 4.40 Å². The Morgan fingerprint density at radius 2 is 1.89 bits per heavy atom. The van der Waals surface area contributed by atoms with Gasteiger partial charge in [-0.25, -0.2) is 4.21 Å². The zero-order valence-corrected chi connectivity index (χ0v) is 12.5. The summed E-state index contributed by atoms with van der Waals surface area (Å²) in [5.41, 5.74) is 1.15. The lowest BCUT2D eigenvalue weighted by atomic mass is 10.2. The monoisotopic (exact) mass is 283 g/mol. The summed E-state index contributed by atoms with van der Waals surface area (Å²) >= 11 is 0. The molecule has 0 fully saturated rings. The Balaban J connectivity index is 2.32. The Labute approximate surface area is 117 Å². The Bertz CT molecular complexity index is 413. The van der Waals surface area contributed by atoms with Gasteiger partial charge in [0, 0.05) is 20.4 Å². The maximum atomic E-state index is 11.8. The van der Waals surface area contributed by atoms with E-state index in [2.05, 4.69) is 4.40 Å². The van der Waals surface area contributed by atoms with Gasteiger partial charge in [-0.05, 0) is 38.3 Å². The van der Waals surface area contributed by atoms with Gasteiger partial charge < -0.3 is 9.47 Å². The van der Waals surface area contributed by atoms with Crippen LogP contribution >= 0.6 is 0 Å². The second-order valence-corrected chi connectivity index (χ2v) is 5.36. The summed E-state index contributed by atoms with van der Waals surface area (Å²) in [4.78, 5) is 0.730. The van der Waals surface area contributed by atoms with E-state index in [1.807, 2.05) is 31.2 Å². The first-order valence-corrected chi connectivity index (χ1v) is 7.34. The number of methoxy groups -OCH3 is 2. The van der Waals surface area contributed by atoms with E-state index >= 15 is 0 Å². The average Bonchev–Trinajstić information content (AvgIpc) is 2.43. The van der Waals surface area contributed by atoms with Crippen LogP contribution in [0, 0.1) is 6.92 Å². The standard InChI is InChI=1S/C14H21NO3S/c1-12-7-9-13(10-8-12)19(16)15-11-5-4-6-14(17-2)18-3/h7-11,14H,4-6H2,1-3H3/b15-11+. The van der Waals surface area contributed by atoms with E-state index in [9.17, 15) is 4.21 Å². The summed E-state index contributed by atoms with van der Waals surface area (Å²) in [6.45, 7) is 2.00. The quantitative estimate of drug-likeness (QED) is 0.419. The first kappa shape index (κ1) is 16.0. The number of benzene rings is 1. The average molecular weight is 283 g/mol. The lowest BCUT2D eigenvalue weighted by Gasteiger charge is -2.11. The first-order valence-electron chi connectivity index (χ1n) is 6.24. The van der Waals surface area contributed by atoms with Crippen LogP contribution < -0.4 is 0 Å². The molecule has 0 saturated heterocycles. The second-order valence-electron chi connectivity index (χ2n) is 4.18. The number of nitrogens with zero attached hydrogens (tertiary/aromatic N) is 1. The summed E-state index contributed by atoms with van der Waals surface area (Å²) in [7, 11) is 1.94. The van der Waals surface area contributed by atoms with Crippen LogP contribution in [0.1, 0.15) is 24.8 Å². The van der Waals surface area contributed by atoms with Crippen molar-refractivity contribution in [2.75, 3.05) is 14.2 Å². The minimum absolute atomic E-state index is 0.170. The second kappa shape index (κ2) is 8.96. The molecule has 0 saturated carbocycles. The van der Waals surface area contributed by atoms with Crippen LogP contribution in [-0.4, -0.2) is 30.9 Å². The lowest BCUT2D eigenvalue weighted by Crippen LogP contribution is -2.12. The Kier molecular flexibility index (Phi) is 7.55. The fraction of sp³-hybridized carbons (Fsp3) is 0.500. The topological polar surface area (TPSA) is 47.9 Å². The van der Waals surface area contributed by atoms with Gasteiger partial charge in [0.1, 0.15) is 0 Å². The van der Waals surface area contributed by atoms with Crippen molar-refractivity contribution in [2.45, 2.75) is 37.4 Å². The van der Waals surface area contributed by atoms with Crippen LogP contribution in [0.25, 0.3) is 0 Å². The Hall–Kier alpha value is -1.04. The van der Waals surface area contributed by atoms with Crippen LogP contribution in [0.2, 0.25) is 0 Å². The molecule has 0 radical (unpaired) electrons. The molecule has 0 aromatic heterocycles. The minimum atomic E-state index is -1.30. The predicted octanol–water partition coefficient (Wildman–Crippen LogP) is 2.88. The molecule has 1 rings (SSSR count). The summed E-state index contributed by atoms with van der Waals surface area (Å²) in [6, 6.07) is 7.55. The molecule has 1 aromatic rings. The number of rotatable bonds is 8. The third-order valence-corrected chi connectivity index (χ3v) is 3.71. The van der Waals surface area contributed by atoms with Gasteiger partial charge in [-0.2, -0.15) is 4.40 Å². The van der Waals surface area contributed by atoms with Gasteiger partial charge >= 0.3 is 0 Å². The zero-order valence-electron chi connectivity index (χ0n) is 11.7. The Morgan fingerprint density at radius 3 is 2.47 bits per heavy atom. The van der Waals surface area contributed by atoms with Crippen molar-refractivity contribution in [3.8, 4) is 0 Å². The molecule has 0 aliphatic heterocycles. The van der Waals surface area contributed by atoms with Crippen molar-refractivity contribution >= 4 is 17.2 Å². The minimum Gasteiger partial charge on any atom is -0.356 e. The normalized spacial score (nSPS) is 13.3. The first-order chi connectivity index (χ1) is 9.17. The van der Waals surface area contributed by atoms with E-state index in [1.165, 1.54) is 0 Å². The molecule has 0 aliphatic rings. The molecule has 1 atom stereocenters. The molecule has 4 nitrogen and oxygen atoms in total. The molecule has 0 amide bonds. The molecular weight excluding hydrogens is 262 g/mol. The molecule has 0 bridgehead atoms. The van der Waals surface area contributed by atoms with Crippen molar-refractivity contribution in [1.29, 1.82) is 0 Å². The van der Waals surface area contributed by atoms with Crippen molar-refractivity contribution in [3.05, 3.63) is 29.8 Å². The van der Waals surface area contributed by atoms with Gasteiger partial charge in [0.15, 0.2) is 17.3 Å². The number of hydrogen-bond acceptors (Lipinski definition) is 3. The van der Waals surface area contributed by atoms with Crippen LogP contribution in [0.4, 0.5) is 0 Å². The van der Waals surface area contributed by atoms with Crippen LogP contribution in [-0.2, 0) is 20.5 Å². The van der Waals surface area contributed by atoms with Crippen molar-refractivity contribution < 1.29 is 13.7 Å². The highest BCUT2D eigenvalue weighted by atomic mass is 32.2. The number of aryl methyl sites for hydroxylation is 1. The summed E-state index contributed by atoms with van der Waals surface area (Å²) in [6.07, 6.45) is 3.99. The summed E-state index contributed by atoms with van der Waals surface area (Å²) in [5, 5.41) is 0. The van der Waals surface area contributed by atoms with Gasteiger partial charge in [0.05, 0.1) is 4.90 Å². The molecule has 19 heavy (non-hydrogen) atoms. The number of ether oxygens (including phenoxy) is 2. The smallest absolute Gasteiger partial charge is 0.172 e. The van der Waals surface area contributed by atoms with E-state index in [1.54, 1.807) is 20.4 Å². The lowest BCUT2D eigenvalue weighted by molar-refractivity contribution is -0.106. The predicted molar refractivity (Wildman–Crippen MR) is 77.7 cm³/mol. The summed E-state index contributed by atoms with van der Waals surface area (Å²) in [5.74, 6) is 0. The highest BCUT2D eigenvalue weighted by Gasteiger charge is 2.03. The fourth-order valence-corrected chi connectivity index (χ4v) is 2.28. The molecule has 0 N–H and O–H groups in total. The SMILES string of the molecule is COC(CCC/C=N/S(=O)c1ccc(C)cc1)OC. The molecular formula is C14H21NO3S. The largest absolute Gasteiger partial charge is 0.356 e. The van der Waals surface area contributed by atoms with Gasteiger partial charge in [0.25, 0.3) is 0 Å². The van der Waals surface area contributed by atoms with E-state index in [0.29, 0.717) is 0 Å². The molecule has 0 spiro atoms. The molecule has 5 heteroatoms. The highest BCUT2D eigenvalue weighted by Crippen LogP contribution is 2.09. The third-order valence-electron chi connectivity index (χ3n) is 2.69. The van der Waals surface area contributed by atoms with Crippen molar-refractivity contribution in [3.63, 3.8) is 0 Å². The van der Waals surface area contributed by atoms with E-state index in [4.69, 9.17) is 9.47 Å². The molecule has 0 heterocycles. The highest BCUT2D eigenvalue weighted by molar-refractivity contribution is 7.83. The van der Waals surface area contributed by atoms with Crippen LogP contribution in [0.3, 0.4) is 0 Å². The molecule has 1 aromatic carbocycles. The fourth-order valence-electron chi connectivity index (χ4n) is 1.54. The van der Waals surface area contributed by atoms with Gasteiger partial charge in [-0.3, -0.25) is 0 Å². The molecule has 106 valence electrons. The maximum absolute atomic E-state index is 11.8. The van der Waals surface area contributed by atoms with Gasteiger partial charge in [0.2, 0.25) is 0 Å². The Morgan fingerprint density at radius 1 is 1.26 bits per heavy atom. The maximum Gasteiger partial charge on any atom is 0.172 e.